The highest BCUT2D eigenvalue weighted by Crippen LogP contribution is 2.21. The molecule has 3 aromatic rings. The molecule has 1 aromatic carbocycles. The van der Waals surface area contributed by atoms with Crippen LogP contribution in [0.2, 0.25) is 0 Å². The fraction of sp³-hybridized carbons (Fsp3) is 0.250. The largest absolute Gasteiger partial charge is 0.363 e. The number of hydrogen-bond acceptors (Lipinski definition) is 3. The number of aromatic nitrogens is 3. The van der Waals surface area contributed by atoms with E-state index in [0.29, 0.717) is 0 Å². The molecule has 2 aromatic heterocycles. The van der Waals surface area contributed by atoms with Crippen LogP contribution in [-0.2, 0) is 6.42 Å². The van der Waals surface area contributed by atoms with Gasteiger partial charge in [-0.15, -0.1) is 0 Å². The van der Waals surface area contributed by atoms with Crippen LogP contribution in [0, 0.1) is 0 Å². The Kier molecular flexibility index (Phi) is 3.14. The van der Waals surface area contributed by atoms with Crippen molar-refractivity contribution in [1.82, 2.24) is 15.0 Å². The van der Waals surface area contributed by atoms with E-state index in [9.17, 15) is 0 Å². The molecule has 0 radical (unpaired) electrons. The monoisotopic (exact) mass is 266 g/mol. The molecule has 0 spiro atoms. The molecule has 102 valence electrons. The Morgan fingerprint density at radius 2 is 1.75 bits per heavy atom. The highest BCUT2D eigenvalue weighted by atomic mass is 15.1. The molecule has 0 fully saturated rings. The summed E-state index contributed by atoms with van der Waals surface area (Å²) in [4.78, 5) is 14.4. The number of aromatic amines is 1. The van der Waals surface area contributed by atoms with Gasteiger partial charge in [0.25, 0.3) is 0 Å². The summed E-state index contributed by atoms with van der Waals surface area (Å²) in [5.41, 5.74) is 4.14. The predicted octanol–water partition coefficient (Wildman–Crippen LogP) is 3.25. The predicted molar refractivity (Wildman–Crippen MR) is 83.0 cm³/mol. The molecule has 4 heteroatoms. The quantitative estimate of drug-likeness (QED) is 0.791. The van der Waals surface area contributed by atoms with Crippen LogP contribution in [0.4, 0.5) is 5.82 Å². The Hall–Kier alpha value is -2.36. The molecule has 0 amide bonds. The molecule has 0 aliphatic rings. The molecule has 20 heavy (non-hydrogen) atoms. The highest BCUT2D eigenvalue weighted by Gasteiger charge is 2.07. The van der Waals surface area contributed by atoms with Gasteiger partial charge in [0.05, 0.1) is 5.52 Å². The first-order valence-electron chi connectivity index (χ1n) is 6.81. The van der Waals surface area contributed by atoms with Crippen LogP contribution in [0.15, 0.2) is 36.4 Å². The number of anilines is 1. The van der Waals surface area contributed by atoms with Gasteiger partial charge in [0.15, 0.2) is 5.65 Å². The first-order valence-corrected chi connectivity index (χ1v) is 6.81. The van der Waals surface area contributed by atoms with E-state index in [-0.39, 0.29) is 0 Å². The lowest BCUT2D eigenvalue weighted by atomic mass is 10.1. The van der Waals surface area contributed by atoms with Crippen molar-refractivity contribution in [1.29, 1.82) is 0 Å². The molecule has 0 saturated heterocycles. The van der Waals surface area contributed by atoms with E-state index in [0.717, 1.165) is 34.8 Å². The summed E-state index contributed by atoms with van der Waals surface area (Å²) in [5.74, 6) is 1.78. The Bertz CT molecular complexity index is 726. The first-order chi connectivity index (χ1) is 9.67. The summed E-state index contributed by atoms with van der Waals surface area (Å²) >= 11 is 0. The fourth-order valence-electron chi connectivity index (χ4n) is 2.17. The van der Waals surface area contributed by atoms with Crippen molar-refractivity contribution >= 4 is 17.0 Å². The average Bonchev–Trinajstić information content (AvgIpc) is 2.90. The van der Waals surface area contributed by atoms with Crippen LogP contribution in [0.1, 0.15) is 12.5 Å². The van der Waals surface area contributed by atoms with Crippen LogP contribution in [-0.4, -0.2) is 29.0 Å². The standard InChI is InChI=1S/C16H18N4/c1-4-11-5-7-12(8-6-11)15-17-13-9-10-14(20(2)3)18-16(13)19-15/h5-10H,4H2,1-3H3,(H,17,18,19). The second kappa shape index (κ2) is 4.96. The topological polar surface area (TPSA) is 44.8 Å². The summed E-state index contributed by atoms with van der Waals surface area (Å²) in [7, 11) is 3.95. The molecule has 0 aliphatic carbocycles. The number of nitrogens with zero attached hydrogens (tertiary/aromatic N) is 3. The zero-order valence-corrected chi connectivity index (χ0v) is 12.0. The van der Waals surface area contributed by atoms with Crippen molar-refractivity contribution in [2.24, 2.45) is 0 Å². The van der Waals surface area contributed by atoms with E-state index in [4.69, 9.17) is 0 Å². The molecule has 1 N–H and O–H groups in total. The normalized spacial score (nSPS) is 10.9. The number of pyridine rings is 1. The summed E-state index contributed by atoms with van der Waals surface area (Å²) in [6.07, 6.45) is 1.05. The van der Waals surface area contributed by atoms with E-state index in [2.05, 4.69) is 46.1 Å². The van der Waals surface area contributed by atoms with Gasteiger partial charge in [-0.2, -0.15) is 0 Å². The van der Waals surface area contributed by atoms with Gasteiger partial charge >= 0.3 is 0 Å². The van der Waals surface area contributed by atoms with E-state index in [1.165, 1.54) is 5.56 Å². The number of aryl methyl sites for hydroxylation is 1. The summed E-state index contributed by atoms with van der Waals surface area (Å²) < 4.78 is 0. The molecular formula is C16H18N4. The maximum atomic E-state index is 4.59. The minimum Gasteiger partial charge on any atom is -0.363 e. The van der Waals surface area contributed by atoms with Gasteiger partial charge in [0.1, 0.15) is 11.6 Å². The maximum Gasteiger partial charge on any atom is 0.180 e. The molecular weight excluding hydrogens is 248 g/mol. The van der Waals surface area contributed by atoms with Crippen molar-refractivity contribution in [3.63, 3.8) is 0 Å². The number of rotatable bonds is 3. The van der Waals surface area contributed by atoms with Crippen molar-refractivity contribution in [3.05, 3.63) is 42.0 Å². The summed E-state index contributed by atoms with van der Waals surface area (Å²) in [5, 5.41) is 0. The number of benzene rings is 1. The van der Waals surface area contributed by atoms with E-state index in [1.807, 2.05) is 31.1 Å². The molecule has 0 atom stereocenters. The molecule has 0 unspecified atom stereocenters. The van der Waals surface area contributed by atoms with E-state index < -0.39 is 0 Å². The van der Waals surface area contributed by atoms with Crippen LogP contribution in [0.5, 0.6) is 0 Å². The molecule has 2 heterocycles. The molecule has 3 rings (SSSR count). The SMILES string of the molecule is CCc1ccc(-c2nc3nc(N(C)C)ccc3[nH]2)cc1. The molecule has 4 nitrogen and oxygen atoms in total. The van der Waals surface area contributed by atoms with Crippen LogP contribution < -0.4 is 4.90 Å². The van der Waals surface area contributed by atoms with Gasteiger partial charge in [-0.05, 0) is 24.1 Å². The minimum absolute atomic E-state index is 0.755. The number of imidazole rings is 1. The second-order valence-electron chi connectivity index (χ2n) is 5.07. The van der Waals surface area contributed by atoms with Crippen molar-refractivity contribution < 1.29 is 0 Å². The van der Waals surface area contributed by atoms with Crippen molar-refractivity contribution in [2.75, 3.05) is 19.0 Å². The smallest absolute Gasteiger partial charge is 0.180 e. The summed E-state index contributed by atoms with van der Waals surface area (Å²) in [6, 6.07) is 12.5. The summed E-state index contributed by atoms with van der Waals surface area (Å²) in [6.45, 7) is 2.16. The van der Waals surface area contributed by atoms with Crippen molar-refractivity contribution in [3.8, 4) is 11.4 Å². The Morgan fingerprint density at radius 3 is 2.40 bits per heavy atom. The molecule has 0 aliphatic heterocycles. The van der Waals surface area contributed by atoms with E-state index in [1.54, 1.807) is 0 Å². The van der Waals surface area contributed by atoms with Gasteiger partial charge in [-0.3, -0.25) is 0 Å². The Balaban J connectivity index is 2.03. The van der Waals surface area contributed by atoms with E-state index >= 15 is 0 Å². The highest BCUT2D eigenvalue weighted by molar-refractivity contribution is 5.77. The average molecular weight is 266 g/mol. The van der Waals surface area contributed by atoms with Crippen LogP contribution >= 0.6 is 0 Å². The zero-order chi connectivity index (χ0) is 14.1. The van der Waals surface area contributed by atoms with Gasteiger partial charge in [0.2, 0.25) is 0 Å². The Morgan fingerprint density at radius 1 is 1.00 bits per heavy atom. The lowest BCUT2D eigenvalue weighted by molar-refractivity contribution is 1.08. The van der Waals surface area contributed by atoms with Gasteiger partial charge in [-0.25, -0.2) is 9.97 Å². The first kappa shape index (κ1) is 12.7. The molecule has 0 saturated carbocycles. The van der Waals surface area contributed by atoms with Crippen LogP contribution in [0.3, 0.4) is 0 Å². The third kappa shape index (κ3) is 2.25. The minimum atomic E-state index is 0.755. The second-order valence-corrected chi connectivity index (χ2v) is 5.07. The number of hydrogen-bond donors (Lipinski definition) is 1. The number of H-pyrrole nitrogens is 1. The maximum absolute atomic E-state index is 4.59. The zero-order valence-electron chi connectivity index (χ0n) is 12.0. The van der Waals surface area contributed by atoms with Gasteiger partial charge in [0, 0.05) is 19.7 Å². The third-order valence-electron chi connectivity index (χ3n) is 3.43. The van der Waals surface area contributed by atoms with Crippen molar-refractivity contribution in [2.45, 2.75) is 13.3 Å². The molecule has 0 bridgehead atoms. The van der Waals surface area contributed by atoms with Gasteiger partial charge < -0.3 is 9.88 Å². The Labute approximate surface area is 118 Å². The number of nitrogens with one attached hydrogen (secondary N) is 1. The van der Waals surface area contributed by atoms with Crippen LogP contribution in [0.25, 0.3) is 22.6 Å². The lowest BCUT2D eigenvalue weighted by Gasteiger charge is -2.09. The number of fused-ring (bicyclic) bond motifs is 1. The lowest BCUT2D eigenvalue weighted by Crippen LogP contribution is -2.10. The van der Waals surface area contributed by atoms with Gasteiger partial charge in [-0.1, -0.05) is 31.2 Å². The fourth-order valence-corrected chi connectivity index (χ4v) is 2.17. The third-order valence-corrected chi connectivity index (χ3v) is 3.43.